The molecule has 0 aromatic heterocycles. The van der Waals surface area contributed by atoms with E-state index >= 15 is 0 Å². The Balaban J connectivity index is 2.48. The van der Waals surface area contributed by atoms with Crippen molar-refractivity contribution in [2.24, 2.45) is 5.92 Å². The lowest BCUT2D eigenvalue weighted by molar-refractivity contribution is -0.127. The zero-order valence-electron chi connectivity index (χ0n) is 10.6. The van der Waals surface area contributed by atoms with E-state index in [0.29, 0.717) is 23.9 Å². The van der Waals surface area contributed by atoms with Crippen molar-refractivity contribution < 1.29 is 9.53 Å². The molecule has 4 nitrogen and oxygen atoms in total. The molecule has 94 valence electrons. The van der Waals surface area contributed by atoms with Gasteiger partial charge in [-0.3, -0.25) is 4.79 Å². The maximum Gasteiger partial charge on any atom is 0.260 e. The second kappa shape index (κ2) is 6.13. The third-order valence-electron chi connectivity index (χ3n) is 2.22. The zero-order valence-corrected chi connectivity index (χ0v) is 10.6. The molecule has 3 N–H and O–H groups in total. The highest BCUT2D eigenvalue weighted by Gasteiger charge is 2.14. The number of ether oxygens (including phenoxy) is 1. The monoisotopic (exact) mass is 236 g/mol. The second-order valence-electron chi connectivity index (χ2n) is 4.47. The van der Waals surface area contributed by atoms with Crippen LogP contribution < -0.4 is 15.8 Å². The lowest BCUT2D eigenvalue weighted by atomic mass is 10.2. The lowest BCUT2D eigenvalue weighted by Crippen LogP contribution is -2.38. The van der Waals surface area contributed by atoms with Crippen LogP contribution in [0.25, 0.3) is 0 Å². The van der Waals surface area contributed by atoms with E-state index in [1.807, 2.05) is 13.8 Å². The quantitative estimate of drug-likeness (QED) is 0.766. The van der Waals surface area contributed by atoms with Crippen LogP contribution in [0.2, 0.25) is 0 Å². The van der Waals surface area contributed by atoms with Crippen LogP contribution in [0.1, 0.15) is 20.8 Å². The van der Waals surface area contributed by atoms with Gasteiger partial charge in [0.2, 0.25) is 0 Å². The van der Waals surface area contributed by atoms with Gasteiger partial charge in [-0.15, -0.1) is 0 Å². The van der Waals surface area contributed by atoms with E-state index in [1.165, 1.54) is 0 Å². The molecule has 1 aromatic rings. The Bertz CT molecular complexity index is 377. The van der Waals surface area contributed by atoms with Crippen molar-refractivity contribution in [3.8, 4) is 5.75 Å². The second-order valence-corrected chi connectivity index (χ2v) is 4.47. The van der Waals surface area contributed by atoms with Gasteiger partial charge in [0.05, 0.1) is 0 Å². The van der Waals surface area contributed by atoms with Gasteiger partial charge in [0.15, 0.2) is 6.10 Å². The molecular weight excluding hydrogens is 216 g/mol. The molecule has 0 fully saturated rings. The van der Waals surface area contributed by atoms with Crippen molar-refractivity contribution in [3.63, 3.8) is 0 Å². The van der Waals surface area contributed by atoms with Crippen molar-refractivity contribution in [2.75, 3.05) is 12.3 Å². The van der Waals surface area contributed by atoms with E-state index in [2.05, 4.69) is 5.32 Å². The summed E-state index contributed by atoms with van der Waals surface area (Å²) in [4.78, 5) is 11.7. The minimum absolute atomic E-state index is 0.110. The maximum absolute atomic E-state index is 11.7. The van der Waals surface area contributed by atoms with Gasteiger partial charge in [-0.1, -0.05) is 19.9 Å². The van der Waals surface area contributed by atoms with Gasteiger partial charge in [-0.25, -0.2) is 0 Å². The summed E-state index contributed by atoms with van der Waals surface area (Å²) in [6.07, 6.45) is -0.518. The van der Waals surface area contributed by atoms with Crippen molar-refractivity contribution in [3.05, 3.63) is 24.3 Å². The molecule has 0 aliphatic carbocycles. The average Bonchev–Trinajstić information content (AvgIpc) is 2.25. The predicted molar refractivity (Wildman–Crippen MR) is 68.8 cm³/mol. The Hall–Kier alpha value is -1.71. The van der Waals surface area contributed by atoms with Gasteiger partial charge in [0.1, 0.15) is 5.75 Å². The van der Waals surface area contributed by atoms with E-state index in [0.717, 1.165) is 0 Å². The highest BCUT2D eigenvalue weighted by atomic mass is 16.5. The first-order valence-corrected chi connectivity index (χ1v) is 5.79. The summed E-state index contributed by atoms with van der Waals surface area (Å²) in [6, 6.07) is 7.05. The number of carbonyl (C=O) groups excluding carboxylic acids is 1. The van der Waals surface area contributed by atoms with Crippen molar-refractivity contribution >= 4 is 11.6 Å². The number of carbonyl (C=O) groups is 1. The minimum Gasteiger partial charge on any atom is -0.481 e. The lowest BCUT2D eigenvalue weighted by Gasteiger charge is -2.15. The van der Waals surface area contributed by atoms with Crippen molar-refractivity contribution in [2.45, 2.75) is 26.9 Å². The Labute approximate surface area is 102 Å². The Morgan fingerprint density at radius 2 is 2.12 bits per heavy atom. The summed E-state index contributed by atoms with van der Waals surface area (Å²) in [5, 5.41) is 2.82. The highest BCUT2D eigenvalue weighted by Crippen LogP contribution is 2.15. The zero-order chi connectivity index (χ0) is 12.8. The van der Waals surface area contributed by atoms with Crippen LogP contribution in [-0.2, 0) is 4.79 Å². The van der Waals surface area contributed by atoms with Gasteiger partial charge in [-0.2, -0.15) is 0 Å². The molecule has 1 amide bonds. The number of rotatable bonds is 5. The molecule has 0 heterocycles. The maximum atomic E-state index is 11.7. The SMILES string of the molecule is CC(C)CNC(=O)[C@H](C)Oc1cccc(N)c1. The van der Waals surface area contributed by atoms with Crippen LogP contribution in [-0.4, -0.2) is 18.6 Å². The standard InChI is InChI=1S/C13H20N2O2/c1-9(2)8-15-13(16)10(3)17-12-6-4-5-11(14)7-12/h4-7,9-10H,8,14H2,1-3H3,(H,15,16)/t10-/m0/s1. The average molecular weight is 236 g/mol. The molecule has 4 heteroatoms. The molecular formula is C13H20N2O2. The van der Waals surface area contributed by atoms with Crippen LogP contribution in [0.5, 0.6) is 5.75 Å². The molecule has 0 aliphatic rings. The number of nitrogens with one attached hydrogen (secondary N) is 1. The molecule has 0 unspecified atom stereocenters. The van der Waals surface area contributed by atoms with E-state index in [9.17, 15) is 4.79 Å². The molecule has 1 rings (SSSR count). The van der Waals surface area contributed by atoms with Crippen molar-refractivity contribution in [1.82, 2.24) is 5.32 Å². The largest absolute Gasteiger partial charge is 0.481 e. The molecule has 0 aliphatic heterocycles. The first kappa shape index (κ1) is 13.4. The fourth-order valence-electron chi connectivity index (χ4n) is 1.29. The molecule has 1 atom stereocenters. The van der Waals surface area contributed by atoms with Crippen LogP contribution >= 0.6 is 0 Å². The van der Waals surface area contributed by atoms with Crippen LogP contribution in [0, 0.1) is 5.92 Å². The predicted octanol–water partition coefficient (Wildman–Crippen LogP) is 1.81. The van der Waals surface area contributed by atoms with Crippen LogP contribution in [0.15, 0.2) is 24.3 Å². The molecule has 0 spiro atoms. The Morgan fingerprint density at radius 3 is 2.71 bits per heavy atom. The third kappa shape index (κ3) is 4.76. The summed E-state index contributed by atoms with van der Waals surface area (Å²) >= 11 is 0. The number of hydrogen-bond acceptors (Lipinski definition) is 3. The number of nitrogens with two attached hydrogens (primary N) is 1. The number of benzene rings is 1. The van der Waals surface area contributed by atoms with Gasteiger partial charge in [-0.05, 0) is 25.0 Å². The van der Waals surface area contributed by atoms with Gasteiger partial charge in [0, 0.05) is 18.3 Å². The number of anilines is 1. The highest BCUT2D eigenvalue weighted by molar-refractivity contribution is 5.80. The summed E-state index contributed by atoms with van der Waals surface area (Å²) in [5.41, 5.74) is 6.25. The summed E-state index contributed by atoms with van der Waals surface area (Å²) in [6.45, 7) is 6.47. The Kier molecular flexibility index (Phi) is 4.82. The molecule has 1 aromatic carbocycles. The fourth-order valence-corrected chi connectivity index (χ4v) is 1.29. The summed E-state index contributed by atoms with van der Waals surface area (Å²) < 4.78 is 5.50. The topological polar surface area (TPSA) is 64.3 Å². The molecule has 0 radical (unpaired) electrons. The van der Waals surface area contributed by atoms with E-state index in [1.54, 1.807) is 31.2 Å². The molecule has 0 saturated heterocycles. The van der Waals surface area contributed by atoms with E-state index in [4.69, 9.17) is 10.5 Å². The molecule has 0 saturated carbocycles. The molecule has 17 heavy (non-hydrogen) atoms. The first-order valence-electron chi connectivity index (χ1n) is 5.79. The van der Waals surface area contributed by atoms with Gasteiger partial charge in [0.25, 0.3) is 5.91 Å². The van der Waals surface area contributed by atoms with E-state index in [-0.39, 0.29) is 5.91 Å². The van der Waals surface area contributed by atoms with E-state index < -0.39 is 6.10 Å². The minimum atomic E-state index is -0.518. The fraction of sp³-hybridized carbons (Fsp3) is 0.462. The third-order valence-corrected chi connectivity index (χ3v) is 2.22. The molecule has 0 bridgehead atoms. The number of hydrogen-bond donors (Lipinski definition) is 2. The number of nitrogen functional groups attached to an aromatic ring is 1. The van der Waals surface area contributed by atoms with Gasteiger partial charge >= 0.3 is 0 Å². The first-order chi connectivity index (χ1) is 7.99. The number of amides is 1. The smallest absolute Gasteiger partial charge is 0.260 e. The Morgan fingerprint density at radius 1 is 1.41 bits per heavy atom. The normalized spacial score (nSPS) is 12.2. The van der Waals surface area contributed by atoms with Crippen LogP contribution in [0.4, 0.5) is 5.69 Å². The summed E-state index contributed by atoms with van der Waals surface area (Å²) in [7, 11) is 0. The van der Waals surface area contributed by atoms with Crippen LogP contribution in [0.3, 0.4) is 0 Å². The van der Waals surface area contributed by atoms with Crippen molar-refractivity contribution in [1.29, 1.82) is 0 Å². The summed E-state index contributed by atoms with van der Waals surface area (Å²) in [5.74, 6) is 0.928. The van der Waals surface area contributed by atoms with Gasteiger partial charge < -0.3 is 15.8 Å².